The van der Waals surface area contributed by atoms with Crippen molar-refractivity contribution in [3.05, 3.63) is 35.9 Å². The molecule has 1 saturated heterocycles. The molecule has 1 saturated carbocycles. The Balaban J connectivity index is 1.78. The Morgan fingerprint density at radius 3 is 2.28 bits per heavy atom. The summed E-state index contributed by atoms with van der Waals surface area (Å²) in [4.78, 5) is 2.46. The van der Waals surface area contributed by atoms with Gasteiger partial charge >= 0.3 is 0 Å². The third-order valence-corrected chi connectivity index (χ3v) is 5.90. The molecule has 3 rings (SSSR count). The van der Waals surface area contributed by atoms with Gasteiger partial charge in [0.2, 0.25) is 5.79 Å². The maximum absolute atomic E-state index is 11.5. The van der Waals surface area contributed by atoms with Gasteiger partial charge in [0.15, 0.2) is 0 Å². The zero-order chi connectivity index (χ0) is 17.6. The largest absolute Gasteiger partial charge is 0.384 e. The van der Waals surface area contributed by atoms with Gasteiger partial charge in [-0.3, -0.25) is 0 Å². The summed E-state index contributed by atoms with van der Waals surface area (Å²) in [6.07, 6.45) is 8.54. The molecule has 1 aromatic rings. The molecule has 4 heteroatoms. The summed E-state index contributed by atoms with van der Waals surface area (Å²) in [6.45, 7) is 3.77. The topological polar surface area (TPSA) is 41.9 Å². The minimum atomic E-state index is -1.08. The van der Waals surface area contributed by atoms with Crippen LogP contribution in [0.5, 0.6) is 0 Å². The van der Waals surface area contributed by atoms with E-state index in [2.05, 4.69) is 4.90 Å². The molecule has 0 radical (unpaired) electrons. The fraction of sp³-hybridized carbons (Fsp3) is 0.714. The van der Waals surface area contributed by atoms with E-state index >= 15 is 0 Å². The van der Waals surface area contributed by atoms with Gasteiger partial charge in [-0.15, -0.1) is 0 Å². The minimum Gasteiger partial charge on any atom is -0.384 e. The second kappa shape index (κ2) is 8.63. The fourth-order valence-electron chi connectivity index (χ4n) is 4.48. The lowest BCUT2D eigenvalue weighted by Gasteiger charge is -2.48. The molecule has 1 aliphatic heterocycles. The number of ether oxygens (including phenoxy) is 2. The van der Waals surface area contributed by atoms with Gasteiger partial charge in [-0.2, -0.15) is 0 Å². The van der Waals surface area contributed by atoms with Gasteiger partial charge < -0.3 is 19.5 Å². The molecule has 1 unspecified atom stereocenters. The quantitative estimate of drug-likeness (QED) is 0.764. The zero-order valence-corrected chi connectivity index (χ0v) is 15.6. The van der Waals surface area contributed by atoms with Gasteiger partial charge in [0, 0.05) is 19.2 Å². The molecule has 25 heavy (non-hydrogen) atoms. The van der Waals surface area contributed by atoms with E-state index in [9.17, 15) is 5.11 Å². The van der Waals surface area contributed by atoms with Crippen LogP contribution in [-0.4, -0.2) is 49.0 Å². The third kappa shape index (κ3) is 4.08. The number of benzene rings is 1. The minimum absolute atomic E-state index is 0.574. The Bertz CT molecular complexity index is 509. The standard InChI is InChI=1S/C21H33NO3/c1-24-21(19-11-5-2-6-12-19,20(23)13-7-3-8-14-20)25-18-17-22-15-9-4-10-16-22/h2,5-6,11-12,23H,3-4,7-10,13-18H2,1H3. The Hall–Kier alpha value is -0.940. The molecule has 140 valence electrons. The SMILES string of the molecule is COC(OCCN1CCCCC1)(c1ccccc1)C1(O)CCCCC1. The fourth-order valence-corrected chi connectivity index (χ4v) is 4.48. The predicted octanol–water partition coefficient (Wildman–Crippen LogP) is 3.68. The molecule has 0 bridgehead atoms. The van der Waals surface area contributed by atoms with Crippen molar-refractivity contribution in [1.82, 2.24) is 4.90 Å². The molecular formula is C21H33NO3. The maximum atomic E-state index is 11.5. The van der Waals surface area contributed by atoms with Gasteiger partial charge in [0.25, 0.3) is 0 Å². The summed E-state index contributed by atoms with van der Waals surface area (Å²) in [5, 5.41) is 11.5. The number of aliphatic hydroxyl groups is 1. The number of nitrogens with zero attached hydrogens (tertiary/aromatic N) is 1. The zero-order valence-electron chi connectivity index (χ0n) is 15.6. The van der Waals surface area contributed by atoms with E-state index in [-0.39, 0.29) is 0 Å². The molecule has 1 aromatic carbocycles. The molecule has 0 amide bonds. The molecule has 1 N–H and O–H groups in total. The number of rotatable bonds is 7. The molecule has 4 nitrogen and oxygen atoms in total. The van der Waals surface area contributed by atoms with Crippen LogP contribution in [0.3, 0.4) is 0 Å². The van der Waals surface area contributed by atoms with Crippen LogP contribution < -0.4 is 0 Å². The third-order valence-electron chi connectivity index (χ3n) is 5.90. The number of hydrogen-bond donors (Lipinski definition) is 1. The molecule has 1 aliphatic carbocycles. The van der Waals surface area contributed by atoms with Crippen LogP contribution in [0.2, 0.25) is 0 Å². The Morgan fingerprint density at radius 1 is 1.00 bits per heavy atom. The highest BCUT2D eigenvalue weighted by molar-refractivity contribution is 5.24. The van der Waals surface area contributed by atoms with Crippen LogP contribution in [-0.2, 0) is 15.3 Å². The first kappa shape index (κ1) is 18.8. The van der Waals surface area contributed by atoms with E-state index in [4.69, 9.17) is 9.47 Å². The number of likely N-dealkylation sites (tertiary alicyclic amines) is 1. The van der Waals surface area contributed by atoms with Gasteiger partial charge in [-0.25, -0.2) is 0 Å². The number of hydrogen-bond acceptors (Lipinski definition) is 4. The summed E-state index contributed by atoms with van der Waals surface area (Å²) in [5.41, 5.74) is -0.0518. The molecule has 2 fully saturated rings. The first-order valence-corrected chi connectivity index (χ1v) is 9.90. The van der Waals surface area contributed by atoms with E-state index in [1.54, 1.807) is 7.11 Å². The van der Waals surface area contributed by atoms with Crippen molar-refractivity contribution in [3.8, 4) is 0 Å². The maximum Gasteiger partial charge on any atom is 0.224 e. The van der Waals surface area contributed by atoms with Crippen LogP contribution in [0.25, 0.3) is 0 Å². The van der Waals surface area contributed by atoms with Crippen LogP contribution in [0, 0.1) is 0 Å². The highest BCUT2D eigenvalue weighted by atomic mass is 16.7. The summed E-state index contributed by atoms with van der Waals surface area (Å²) >= 11 is 0. The Morgan fingerprint density at radius 2 is 1.64 bits per heavy atom. The number of piperidine rings is 1. The van der Waals surface area contributed by atoms with Gasteiger partial charge in [0.05, 0.1) is 6.61 Å². The lowest BCUT2D eigenvalue weighted by Crippen LogP contribution is -2.56. The van der Waals surface area contributed by atoms with Crippen LogP contribution in [0.4, 0.5) is 0 Å². The molecular weight excluding hydrogens is 314 g/mol. The Labute approximate surface area is 152 Å². The predicted molar refractivity (Wildman–Crippen MR) is 99.4 cm³/mol. The molecule has 2 aliphatic rings. The van der Waals surface area contributed by atoms with Crippen molar-refractivity contribution < 1.29 is 14.6 Å². The van der Waals surface area contributed by atoms with Crippen molar-refractivity contribution in [2.45, 2.75) is 62.8 Å². The summed E-state index contributed by atoms with van der Waals surface area (Å²) in [7, 11) is 1.67. The lowest BCUT2D eigenvalue weighted by molar-refractivity contribution is -0.330. The highest BCUT2D eigenvalue weighted by Gasteiger charge is 2.53. The average molecular weight is 347 g/mol. The molecule has 1 atom stereocenters. The second-order valence-electron chi connectivity index (χ2n) is 7.53. The van der Waals surface area contributed by atoms with E-state index in [1.165, 1.54) is 25.7 Å². The van der Waals surface area contributed by atoms with E-state index in [0.717, 1.165) is 50.9 Å². The second-order valence-corrected chi connectivity index (χ2v) is 7.53. The average Bonchev–Trinajstić information content (AvgIpc) is 2.67. The summed E-state index contributed by atoms with van der Waals surface area (Å²) in [5.74, 6) is -1.08. The first-order chi connectivity index (χ1) is 12.2. The van der Waals surface area contributed by atoms with E-state index in [0.29, 0.717) is 6.61 Å². The van der Waals surface area contributed by atoms with Crippen LogP contribution in [0.15, 0.2) is 30.3 Å². The van der Waals surface area contributed by atoms with Gasteiger partial charge in [0.1, 0.15) is 5.60 Å². The van der Waals surface area contributed by atoms with Crippen LogP contribution in [0.1, 0.15) is 56.9 Å². The van der Waals surface area contributed by atoms with E-state index in [1.807, 2.05) is 30.3 Å². The summed E-state index contributed by atoms with van der Waals surface area (Å²) < 4.78 is 12.4. The van der Waals surface area contributed by atoms with Crippen molar-refractivity contribution in [1.29, 1.82) is 0 Å². The monoisotopic (exact) mass is 347 g/mol. The highest BCUT2D eigenvalue weighted by Crippen LogP contribution is 2.46. The number of methoxy groups -OCH3 is 1. The van der Waals surface area contributed by atoms with Gasteiger partial charge in [-0.05, 0) is 38.8 Å². The normalized spacial score (nSPS) is 23.9. The van der Waals surface area contributed by atoms with Gasteiger partial charge in [-0.1, -0.05) is 56.0 Å². The smallest absolute Gasteiger partial charge is 0.224 e. The Kier molecular flexibility index (Phi) is 6.50. The van der Waals surface area contributed by atoms with Crippen molar-refractivity contribution >= 4 is 0 Å². The summed E-state index contributed by atoms with van der Waals surface area (Å²) in [6, 6.07) is 9.99. The van der Waals surface area contributed by atoms with Crippen LogP contribution >= 0.6 is 0 Å². The lowest BCUT2D eigenvalue weighted by atomic mass is 9.75. The first-order valence-electron chi connectivity index (χ1n) is 9.90. The molecule has 0 aromatic heterocycles. The van der Waals surface area contributed by atoms with Crippen molar-refractivity contribution in [2.24, 2.45) is 0 Å². The van der Waals surface area contributed by atoms with E-state index < -0.39 is 11.4 Å². The molecule has 0 spiro atoms. The van der Waals surface area contributed by atoms with Crippen molar-refractivity contribution in [2.75, 3.05) is 33.4 Å². The molecule has 1 heterocycles. The van der Waals surface area contributed by atoms with Crippen molar-refractivity contribution in [3.63, 3.8) is 0 Å².